The lowest BCUT2D eigenvalue weighted by Gasteiger charge is -2.36. The summed E-state index contributed by atoms with van der Waals surface area (Å²) in [7, 11) is 1.89. The third-order valence-corrected chi connectivity index (χ3v) is 6.26. The lowest BCUT2D eigenvalue weighted by molar-refractivity contribution is -0.140. The molecule has 1 aliphatic rings. The standard InChI is InChI=1S/C22H22F3N7O/c1-30(20-4-2-3-18-28-17(12-32(18)20)22(23,24)25)16-7-5-15(6-8-16)27-21(33)14-9-10-31-13-26-29-19(31)11-14/h2-4,9-13,15-16H,5-8H2,1H3,(H,27,33)/t15-,16+. The molecule has 11 heteroatoms. The van der Waals surface area contributed by atoms with E-state index in [1.54, 1.807) is 47.3 Å². The van der Waals surface area contributed by atoms with Gasteiger partial charge in [-0.2, -0.15) is 13.2 Å². The van der Waals surface area contributed by atoms with Crippen LogP contribution in [-0.2, 0) is 6.18 Å². The molecule has 0 aliphatic heterocycles. The van der Waals surface area contributed by atoms with E-state index in [0.29, 0.717) is 17.0 Å². The van der Waals surface area contributed by atoms with Crippen LogP contribution >= 0.6 is 0 Å². The molecule has 0 aromatic carbocycles. The maximum atomic E-state index is 13.1. The molecule has 1 fully saturated rings. The SMILES string of the molecule is CN(c1cccc2nc(C(F)(F)F)cn12)[C@H]1CC[C@@H](NC(=O)c2ccn3cnnc3c2)CC1. The molecule has 0 saturated heterocycles. The predicted molar refractivity (Wildman–Crippen MR) is 115 cm³/mol. The Morgan fingerprint density at radius 1 is 1.15 bits per heavy atom. The zero-order chi connectivity index (χ0) is 23.2. The number of imidazole rings is 1. The lowest BCUT2D eigenvalue weighted by atomic mass is 9.90. The molecule has 1 aliphatic carbocycles. The Morgan fingerprint density at radius 3 is 2.70 bits per heavy atom. The van der Waals surface area contributed by atoms with Crippen molar-refractivity contribution in [1.82, 2.24) is 29.3 Å². The van der Waals surface area contributed by atoms with Gasteiger partial charge in [-0.15, -0.1) is 10.2 Å². The number of hydrogen-bond donors (Lipinski definition) is 1. The first-order valence-electron chi connectivity index (χ1n) is 10.7. The van der Waals surface area contributed by atoms with Crippen LogP contribution in [0.3, 0.4) is 0 Å². The van der Waals surface area contributed by atoms with E-state index in [1.807, 2.05) is 11.9 Å². The molecule has 1 amide bonds. The maximum absolute atomic E-state index is 13.1. The molecule has 0 radical (unpaired) electrons. The van der Waals surface area contributed by atoms with E-state index in [0.717, 1.165) is 31.9 Å². The Bertz CT molecular complexity index is 1300. The number of nitrogens with zero attached hydrogens (tertiary/aromatic N) is 6. The molecule has 8 nitrogen and oxygen atoms in total. The topological polar surface area (TPSA) is 79.8 Å². The van der Waals surface area contributed by atoms with Gasteiger partial charge in [-0.05, 0) is 49.9 Å². The van der Waals surface area contributed by atoms with Gasteiger partial charge in [-0.25, -0.2) is 4.98 Å². The number of amides is 1. The molecule has 0 unspecified atom stereocenters. The lowest BCUT2D eigenvalue weighted by Crippen LogP contribution is -2.43. The van der Waals surface area contributed by atoms with Crippen molar-refractivity contribution in [3.63, 3.8) is 0 Å². The number of hydrogen-bond acceptors (Lipinski definition) is 5. The van der Waals surface area contributed by atoms with Crippen molar-refractivity contribution in [1.29, 1.82) is 0 Å². The highest BCUT2D eigenvalue weighted by molar-refractivity contribution is 5.95. The molecular weight excluding hydrogens is 435 g/mol. The van der Waals surface area contributed by atoms with Crippen LogP contribution < -0.4 is 10.2 Å². The minimum atomic E-state index is -4.49. The molecule has 0 bridgehead atoms. The van der Waals surface area contributed by atoms with E-state index in [1.165, 1.54) is 4.40 Å². The van der Waals surface area contributed by atoms with E-state index in [2.05, 4.69) is 20.5 Å². The number of anilines is 1. The minimum Gasteiger partial charge on any atom is -0.358 e. The van der Waals surface area contributed by atoms with Crippen molar-refractivity contribution in [3.05, 3.63) is 60.3 Å². The molecule has 1 N–H and O–H groups in total. The number of aromatic nitrogens is 5. The summed E-state index contributed by atoms with van der Waals surface area (Å²) >= 11 is 0. The van der Waals surface area contributed by atoms with Crippen LogP contribution in [0.4, 0.5) is 19.0 Å². The Morgan fingerprint density at radius 2 is 1.94 bits per heavy atom. The van der Waals surface area contributed by atoms with Crippen LogP contribution in [0.2, 0.25) is 0 Å². The van der Waals surface area contributed by atoms with Gasteiger partial charge in [-0.3, -0.25) is 13.6 Å². The highest BCUT2D eigenvalue weighted by Crippen LogP contribution is 2.31. The van der Waals surface area contributed by atoms with Gasteiger partial charge in [0.25, 0.3) is 5.91 Å². The number of pyridine rings is 2. The smallest absolute Gasteiger partial charge is 0.358 e. The van der Waals surface area contributed by atoms with Crippen molar-refractivity contribution >= 4 is 23.0 Å². The van der Waals surface area contributed by atoms with Gasteiger partial charge in [0.1, 0.15) is 17.8 Å². The molecule has 4 aromatic heterocycles. The average Bonchev–Trinajstić information content (AvgIpc) is 3.45. The van der Waals surface area contributed by atoms with Gasteiger partial charge in [-0.1, -0.05) is 6.07 Å². The fourth-order valence-corrected chi connectivity index (χ4v) is 4.44. The van der Waals surface area contributed by atoms with Crippen LogP contribution in [-0.4, -0.2) is 49.0 Å². The van der Waals surface area contributed by atoms with Gasteiger partial charge >= 0.3 is 6.18 Å². The number of alkyl halides is 3. The van der Waals surface area contributed by atoms with E-state index in [-0.39, 0.29) is 23.6 Å². The monoisotopic (exact) mass is 457 g/mol. The van der Waals surface area contributed by atoms with Crippen molar-refractivity contribution in [2.75, 3.05) is 11.9 Å². The largest absolute Gasteiger partial charge is 0.434 e. The molecule has 1 saturated carbocycles. The number of carbonyl (C=O) groups is 1. The summed E-state index contributed by atoms with van der Waals surface area (Å²) in [5, 5.41) is 10.9. The third-order valence-electron chi connectivity index (χ3n) is 6.26. The summed E-state index contributed by atoms with van der Waals surface area (Å²) in [6.07, 6.45) is 3.04. The highest BCUT2D eigenvalue weighted by atomic mass is 19.4. The normalized spacial score (nSPS) is 19.2. The molecule has 0 spiro atoms. The van der Waals surface area contributed by atoms with Crippen LogP contribution in [0, 0.1) is 0 Å². The Hall–Kier alpha value is -3.63. The first-order chi connectivity index (χ1) is 15.8. The van der Waals surface area contributed by atoms with E-state index in [4.69, 9.17) is 0 Å². The first-order valence-corrected chi connectivity index (χ1v) is 10.7. The molecule has 0 atom stereocenters. The van der Waals surface area contributed by atoms with E-state index in [9.17, 15) is 18.0 Å². The van der Waals surface area contributed by atoms with Crippen molar-refractivity contribution in [3.8, 4) is 0 Å². The fraction of sp³-hybridized carbons (Fsp3) is 0.364. The van der Waals surface area contributed by atoms with Gasteiger partial charge < -0.3 is 10.2 Å². The van der Waals surface area contributed by atoms with Gasteiger partial charge in [0.2, 0.25) is 0 Å². The second-order valence-electron chi connectivity index (χ2n) is 8.34. The summed E-state index contributed by atoms with van der Waals surface area (Å²) in [6.45, 7) is 0. The summed E-state index contributed by atoms with van der Waals surface area (Å²) < 4.78 is 42.6. The number of rotatable bonds is 4. The Labute approximate surface area is 187 Å². The second kappa shape index (κ2) is 8.05. The summed E-state index contributed by atoms with van der Waals surface area (Å²) in [5.74, 6) is 0.504. The van der Waals surface area contributed by atoms with Crippen LogP contribution in [0.25, 0.3) is 11.3 Å². The third kappa shape index (κ3) is 4.10. The van der Waals surface area contributed by atoms with Gasteiger partial charge in [0, 0.05) is 37.1 Å². The average molecular weight is 457 g/mol. The number of nitrogens with one attached hydrogen (secondary N) is 1. The summed E-state index contributed by atoms with van der Waals surface area (Å²) in [5.41, 5.74) is 0.494. The quantitative estimate of drug-likeness (QED) is 0.507. The molecule has 4 aromatic rings. The van der Waals surface area contributed by atoms with Gasteiger partial charge in [0.05, 0.1) is 0 Å². The molecule has 33 heavy (non-hydrogen) atoms. The Kier molecular flexibility index (Phi) is 5.18. The fourth-order valence-electron chi connectivity index (χ4n) is 4.44. The minimum absolute atomic E-state index is 0.0390. The van der Waals surface area contributed by atoms with Crippen LogP contribution in [0.1, 0.15) is 41.7 Å². The zero-order valence-electron chi connectivity index (χ0n) is 17.8. The molecular formula is C22H22F3N7O. The van der Waals surface area contributed by atoms with Crippen molar-refractivity contribution in [2.24, 2.45) is 0 Å². The Balaban J connectivity index is 1.24. The van der Waals surface area contributed by atoms with E-state index < -0.39 is 11.9 Å². The van der Waals surface area contributed by atoms with Crippen molar-refractivity contribution in [2.45, 2.75) is 43.9 Å². The zero-order valence-corrected chi connectivity index (χ0v) is 17.8. The predicted octanol–water partition coefficient (Wildman–Crippen LogP) is 3.57. The highest BCUT2D eigenvalue weighted by Gasteiger charge is 2.34. The molecule has 172 valence electrons. The van der Waals surface area contributed by atoms with Crippen molar-refractivity contribution < 1.29 is 18.0 Å². The number of carbonyl (C=O) groups excluding carboxylic acids is 1. The summed E-state index contributed by atoms with van der Waals surface area (Å²) in [6, 6.07) is 8.69. The van der Waals surface area contributed by atoms with Gasteiger partial charge in [0.15, 0.2) is 11.3 Å². The van der Waals surface area contributed by atoms with E-state index >= 15 is 0 Å². The summed E-state index contributed by atoms with van der Waals surface area (Å²) in [4.78, 5) is 18.4. The number of halogens is 3. The molecule has 4 heterocycles. The van der Waals surface area contributed by atoms with Crippen LogP contribution in [0.15, 0.2) is 49.1 Å². The maximum Gasteiger partial charge on any atom is 0.434 e. The number of fused-ring (bicyclic) bond motifs is 2. The molecule has 5 rings (SSSR count). The first kappa shape index (κ1) is 21.2. The van der Waals surface area contributed by atoms with Crippen LogP contribution in [0.5, 0.6) is 0 Å². The second-order valence-corrected chi connectivity index (χ2v) is 8.34.